The van der Waals surface area contributed by atoms with Gasteiger partial charge < -0.3 is 10.2 Å². The number of sulfone groups is 1. The van der Waals surface area contributed by atoms with Gasteiger partial charge in [0.25, 0.3) is 15.7 Å². The van der Waals surface area contributed by atoms with E-state index in [1.54, 1.807) is 12.1 Å². The van der Waals surface area contributed by atoms with Crippen molar-refractivity contribution in [1.82, 2.24) is 9.88 Å². The van der Waals surface area contributed by atoms with E-state index >= 15 is 0 Å². The molecule has 1 aliphatic heterocycles. The number of carbonyl (C=O) groups is 3. The Labute approximate surface area is 221 Å². The number of hydrogen-bond acceptors (Lipinski definition) is 6. The van der Waals surface area contributed by atoms with Gasteiger partial charge in [-0.15, -0.1) is 0 Å². The van der Waals surface area contributed by atoms with Crippen molar-refractivity contribution in [3.63, 3.8) is 0 Å². The smallest absolute Gasteiger partial charge is 0.310 e. The number of urea groups is 1. The van der Waals surface area contributed by atoms with Crippen LogP contribution in [0.4, 0.5) is 29.5 Å². The molecule has 39 heavy (non-hydrogen) atoms. The quantitative estimate of drug-likeness (QED) is 0.438. The largest absolute Gasteiger partial charge is 0.501 e. The Kier molecular flexibility index (Phi) is 6.41. The van der Waals surface area contributed by atoms with Gasteiger partial charge in [-0.05, 0) is 60.4 Å². The number of aromatic nitrogens is 1. The first kappa shape index (κ1) is 26.4. The van der Waals surface area contributed by atoms with Crippen LogP contribution in [-0.2, 0) is 32.4 Å². The third-order valence-corrected chi connectivity index (χ3v) is 8.12. The number of hydrogen-bond donors (Lipinski definition) is 1. The minimum absolute atomic E-state index is 0.0195. The van der Waals surface area contributed by atoms with E-state index in [4.69, 9.17) is 0 Å². The highest BCUT2D eigenvalue weighted by molar-refractivity contribution is 7.92. The number of amides is 4. The number of pyridine rings is 1. The summed E-state index contributed by atoms with van der Waals surface area (Å²) in [5.41, 5.74) is -5.18. The van der Waals surface area contributed by atoms with Gasteiger partial charge in [0.2, 0.25) is 5.91 Å². The standard InChI is InChI=1S/C26H21F3N4O5S/c27-26(28,29)39(37,38)20-8-6-19(7-9-20)33-23(35)25(11-12-25)32(24(33)36)16-18-10-13-30-21(14-18)31-22(34)15-17-4-2-1-3-5-17/h1-10,13-14H,11-12,15-16H2,(H,30,31,34). The van der Waals surface area contributed by atoms with E-state index in [2.05, 4.69) is 10.3 Å². The summed E-state index contributed by atoms with van der Waals surface area (Å²) in [6, 6.07) is 15.1. The average Bonchev–Trinajstić information content (AvgIpc) is 3.66. The zero-order valence-corrected chi connectivity index (χ0v) is 21.0. The van der Waals surface area contributed by atoms with Crippen LogP contribution in [0.15, 0.2) is 77.8 Å². The number of carbonyl (C=O) groups excluding carboxylic acids is 3. The van der Waals surface area contributed by atoms with Gasteiger partial charge in [0.05, 0.1) is 17.0 Å². The van der Waals surface area contributed by atoms with Crippen molar-refractivity contribution in [3.05, 3.63) is 84.1 Å². The van der Waals surface area contributed by atoms with Crippen LogP contribution >= 0.6 is 0 Å². The molecule has 0 atom stereocenters. The minimum atomic E-state index is -5.57. The topological polar surface area (TPSA) is 117 Å². The molecule has 202 valence electrons. The SMILES string of the molecule is O=C(Cc1ccccc1)Nc1cc(CN2C(=O)N(c3ccc(S(=O)(=O)C(F)(F)F)cc3)C(=O)C23CC3)ccn1. The predicted octanol–water partition coefficient (Wildman–Crippen LogP) is 4.06. The second-order valence-corrected chi connectivity index (χ2v) is 11.2. The molecule has 1 aromatic heterocycles. The fourth-order valence-corrected chi connectivity index (χ4v) is 5.22. The molecule has 2 aromatic carbocycles. The van der Waals surface area contributed by atoms with Crippen LogP contribution in [0.1, 0.15) is 24.0 Å². The number of benzene rings is 2. The molecule has 1 saturated carbocycles. The molecule has 9 nitrogen and oxygen atoms in total. The van der Waals surface area contributed by atoms with Crippen molar-refractivity contribution in [2.45, 2.75) is 41.7 Å². The highest BCUT2D eigenvalue weighted by atomic mass is 32.2. The van der Waals surface area contributed by atoms with Crippen LogP contribution < -0.4 is 10.2 Å². The average molecular weight is 559 g/mol. The van der Waals surface area contributed by atoms with Crippen LogP contribution in [-0.4, -0.2) is 47.2 Å². The Hall–Kier alpha value is -4.26. The van der Waals surface area contributed by atoms with Crippen LogP contribution in [0.25, 0.3) is 0 Å². The highest BCUT2D eigenvalue weighted by Crippen LogP contribution is 2.49. The molecule has 2 aliphatic rings. The van der Waals surface area contributed by atoms with Crippen LogP contribution in [0.2, 0.25) is 0 Å². The summed E-state index contributed by atoms with van der Waals surface area (Å²) >= 11 is 0. The summed E-state index contributed by atoms with van der Waals surface area (Å²) < 4.78 is 61.9. The molecule has 1 spiro atoms. The third kappa shape index (κ3) is 4.85. The molecule has 5 rings (SSSR count). The summed E-state index contributed by atoms with van der Waals surface area (Å²) in [5, 5.41) is 2.71. The van der Waals surface area contributed by atoms with Gasteiger partial charge >= 0.3 is 11.5 Å². The fraction of sp³-hybridized carbons (Fsp3) is 0.231. The van der Waals surface area contributed by atoms with Crippen molar-refractivity contribution in [2.75, 3.05) is 10.2 Å². The minimum Gasteiger partial charge on any atom is -0.310 e. The van der Waals surface area contributed by atoms with Crippen LogP contribution in [0.3, 0.4) is 0 Å². The fourth-order valence-electron chi connectivity index (χ4n) is 4.46. The van der Waals surface area contributed by atoms with Gasteiger partial charge in [0.1, 0.15) is 11.4 Å². The van der Waals surface area contributed by atoms with E-state index in [0.29, 0.717) is 30.5 Å². The summed E-state index contributed by atoms with van der Waals surface area (Å²) in [5.74, 6) is -0.543. The number of anilines is 2. The Morgan fingerprint density at radius 2 is 1.64 bits per heavy atom. The van der Waals surface area contributed by atoms with Crippen molar-refractivity contribution < 1.29 is 36.0 Å². The van der Waals surface area contributed by atoms with Crippen LogP contribution in [0.5, 0.6) is 0 Å². The zero-order chi connectivity index (χ0) is 28.0. The predicted molar refractivity (Wildman–Crippen MR) is 133 cm³/mol. The summed E-state index contributed by atoms with van der Waals surface area (Å²) in [7, 11) is -5.57. The summed E-state index contributed by atoms with van der Waals surface area (Å²) in [6.07, 6.45) is 2.42. The molecule has 13 heteroatoms. The molecule has 0 unspecified atom stereocenters. The molecule has 3 aromatic rings. The van der Waals surface area contributed by atoms with Gasteiger partial charge in [-0.2, -0.15) is 13.2 Å². The first-order chi connectivity index (χ1) is 18.4. The number of nitrogens with one attached hydrogen (secondary N) is 1. The lowest BCUT2D eigenvalue weighted by Gasteiger charge is -2.21. The van der Waals surface area contributed by atoms with Gasteiger partial charge in [0, 0.05) is 12.7 Å². The van der Waals surface area contributed by atoms with Crippen molar-refractivity contribution in [2.24, 2.45) is 0 Å². The number of rotatable bonds is 7. The first-order valence-electron chi connectivity index (χ1n) is 11.8. The molecule has 0 bridgehead atoms. The highest BCUT2D eigenvalue weighted by Gasteiger charge is 2.65. The Morgan fingerprint density at radius 3 is 2.26 bits per heavy atom. The van der Waals surface area contributed by atoms with E-state index in [0.717, 1.165) is 22.6 Å². The van der Waals surface area contributed by atoms with Crippen molar-refractivity contribution in [1.29, 1.82) is 0 Å². The number of alkyl halides is 3. The summed E-state index contributed by atoms with van der Waals surface area (Å²) in [6.45, 7) is 0.0195. The van der Waals surface area contributed by atoms with E-state index < -0.39 is 37.7 Å². The maximum atomic E-state index is 13.3. The number of nitrogens with zero attached hydrogens (tertiary/aromatic N) is 3. The lowest BCUT2D eigenvalue weighted by atomic mass is 10.1. The molecule has 2 heterocycles. The molecule has 2 fully saturated rings. The molecular formula is C26H21F3N4O5S. The van der Waals surface area contributed by atoms with E-state index in [9.17, 15) is 36.0 Å². The van der Waals surface area contributed by atoms with Crippen molar-refractivity contribution in [3.8, 4) is 0 Å². The maximum absolute atomic E-state index is 13.3. The third-order valence-electron chi connectivity index (χ3n) is 6.61. The second kappa shape index (κ2) is 9.49. The Morgan fingerprint density at radius 1 is 0.974 bits per heavy atom. The molecule has 1 N–H and O–H groups in total. The normalized spacial score (nSPS) is 16.6. The monoisotopic (exact) mass is 558 g/mol. The lowest BCUT2D eigenvalue weighted by molar-refractivity contribution is -0.121. The first-order valence-corrected chi connectivity index (χ1v) is 13.3. The van der Waals surface area contributed by atoms with Gasteiger partial charge in [0.15, 0.2) is 0 Å². The lowest BCUT2D eigenvalue weighted by Crippen LogP contribution is -2.36. The Balaban J connectivity index is 1.33. The molecular weight excluding hydrogens is 537 g/mol. The molecule has 1 aliphatic carbocycles. The maximum Gasteiger partial charge on any atom is 0.501 e. The van der Waals surface area contributed by atoms with E-state index in [1.165, 1.54) is 11.1 Å². The molecule has 1 saturated heterocycles. The van der Waals surface area contributed by atoms with E-state index in [1.807, 2.05) is 30.3 Å². The Bertz CT molecular complexity index is 1560. The van der Waals surface area contributed by atoms with Gasteiger partial charge in [-0.25, -0.2) is 23.1 Å². The van der Waals surface area contributed by atoms with E-state index in [-0.39, 0.29) is 30.4 Å². The van der Waals surface area contributed by atoms with Crippen molar-refractivity contribution >= 4 is 39.2 Å². The summed E-state index contributed by atoms with van der Waals surface area (Å²) in [4.78, 5) is 44.4. The van der Waals surface area contributed by atoms with Gasteiger partial charge in [-0.1, -0.05) is 30.3 Å². The number of imide groups is 1. The molecule has 4 amide bonds. The van der Waals surface area contributed by atoms with Gasteiger partial charge in [-0.3, -0.25) is 9.59 Å². The number of halogens is 3. The van der Waals surface area contributed by atoms with Crippen LogP contribution in [0, 0.1) is 0 Å². The second-order valence-electron chi connectivity index (χ2n) is 9.24. The zero-order valence-electron chi connectivity index (χ0n) is 20.2. The molecule has 0 radical (unpaired) electrons.